The minimum absolute atomic E-state index is 0.0155. The Morgan fingerprint density at radius 1 is 0.909 bits per heavy atom. The summed E-state index contributed by atoms with van der Waals surface area (Å²) in [7, 11) is 0. The number of hydrogen-bond donors (Lipinski definition) is 1. The summed E-state index contributed by atoms with van der Waals surface area (Å²) in [5.74, 6) is -0.347. The van der Waals surface area contributed by atoms with Crippen LogP contribution in [-0.2, 0) is 14.3 Å². The van der Waals surface area contributed by atoms with Gasteiger partial charge in [0.2, 0.25) is 0 Å². The van der Waals surface area contributed by atoms with Crippen molar-refractivity contribution in [2.45, 2.75) is 78.7 Å². The van der Waals surface area contributed by atoms with Gasteiger partial charge in [0.15, 0.2) is 0 Å². The van der Waals surface area contributed by atoms with Gasteiger partial charge in [-0.2, -0.15) is 0 Å². The molecule has 1 amide bonds. The number of amides is 1. The first-order valence-corrected chi connectivity index (χ1v) is 8.66. The maximum absolute atomic E-state index is 12.1. The molecule has 0 aliphatic carbocycles. The summed E-state index contributed by atoms with van der Waals surface area (Å²) >= 11 is 0. The van der Waals surface area contributed by atoms with E-state index < -0.39 is 12.1 Å². The first-order valence-electron chi connectivity index (χ1n) is 8.66. The summed E-state index contributed by atoms with van der Waals surface area (Å²) in [6.45, 7) is 8.76. The molecule has 0 aliphatic heterocycles. The first kappa shape index (κ1) is 20.7. The quantitative estimate of drug-likeness (QED) is 0.436. The molecule has 0 radical (unpaired) electrons. The van der Waals surface area contributed by atoms with E-state index in [9.17, 15) is 9.59 Å². The molecule has 0 spiro atoms. The Balaban J connectivity index is 4.19. The Morgan fingerprint density at radius 2 is 1.59 bits per heavy atom. The van der Waals surface area contributed by atoms with E-state index in [1.807, 2.05) is 20.8 Å². The summed E-state index contributed by atoms with van der Waals surface area (Å²) in [6, 6.07) is -0.634. The minimum atomic E-state index is -0.634. The maximum Gasteiger partial charge on any atom is 0.407 e. The molecule has 0 aliphatic rings. The van der Waals surface area contributed by atoms with E-state index in [1.54, 1.807) is 0 Å². The van der Waals surface area contributed by atoms with Gasteiger partial charge in [-0.1, -0.05) is 59.8 Å². The third kappa shape index (κ3) is 9.64. The predicted octanol–water partition coefficient (Wildman–Crippen LogP) is 4.05. The van der Waals surface area contributed by atoms with E-state index in [2.05, 4.69) is 12.2 Å². The molecule has 22 heavy (non-hydrogen) atoms. The molecule has 0 heterocycles. The van der Waals surface area contributed by atoms with Crippen molar-refractivity contribution in [2.75, 3.05) is 13.2 Å². The third-order valence-corrected chi connectivity index (χ3v) is 3.67. The second kappa shape index (κ2) is 13.4. The molecule has 5 heteroatoms. The smallest absolute Gasteiger partial charge is 0.407 e. The van der Waals surface area contributed by atoms with Gasteiger partial charge in [-0.15, -0.1) is 0 Å². The van der Waals surface area contributed by atoms with Gasteiger partial charge in [-0.3, -0.25) is 0 Å². The fourth-order valence-electron chi connectivity index (χ4n) is 2.00. The minimum Gasteiger partial charge on any atom is -0.464 e. The summed E-state index contributed by atoms with van der Waals surface area (Å²) < 4.78 is 10.3. The topological polar surface area (TPSA) is 64.6 Å². The van der Waals surface area contributed by atoms with Crippen molar-refractivity contribution in [3.05, 3.63) is 0 Å². The van der Waals surface area contributed by atoms with Crippen LogP contribution in [0.5, 0.6) is 0 Å². The van der Waals surface area contributed by atoms with Crippen molar-refractivity contribution in [1.82, 2.24) is 5.32 Å². The Hall–Kier alpha value is -1.26. The second-order valence-electron chi connectivity index (χ2n) is 5.73. The SMILES string of the molecule is CCCCCCCOC(=O)C(NC(=O)OCCC)C(C)CC. The molecule has 0 bridgehead atoms. The van der Waals surface area contributed by atoms with Gasteiger partial charge < -0.3 is 14.8 Å². The van der Waals surface area contributed by atoms with Crippen molar-refractivity contribution in [1.29, 1.82) is 0 Å². The fourth-order valence-corrected chi connectivity index (χ4v) is 2.00. The molecule has 2 atom stereocenters. The van der Waals surface area contributed by atoms with Crippen LogP contribution in [0, 0.1) is 5.92 Å². The van der Waals surface area contributed by atoms with E-state index in [0.717, 1.165) is 25.7 Å². The van der Waals surface area contributed by atoms with Gasteiger partial charge in [0.05, 0.1) is 13.2 Å². The summed E-state index contributed by atoms with van der Waals surface area (Å²) in [5, 5.41) is 2.63. The normalized spacial score (nSPS) is 13.3. The molecule has 0 rings (SSSR count). The molecule has 0 fully saturated rings. The van der Waals surface area contributed by atoms with E-state index in [1.165, 1.54) is 19.3 Å². The first-order chi connectivity index (χ1) is 10.6. The number of unbranched alkanes of at least 4 members (excludes halogenated alkanes) is 4. The van der Waals surface area contributed by atoms with Gasteiger partial charge in [-0.25, -0.2) is 9.59 Å². The van der Waals surface area contributed by atoms with Crippen molar-refractivity contribution < 1.29 is 19.1 Å². The van der Waals surface area contributed by atoms with E-state index >= 15 is 0 Å². The molecule has 0 saturated heterocycles. The van der Waals surface area contributed by atoms with Crippen molar-refractivity contribution in [2.24, 2.45) is 5.92 Å². The van der Waals surface area contributed by atoms with Crippen LogP contribution < -0.4 is 5.32 Å². The average Bonchev–Trinajstić information content (AvgIpc) is 2.52. The highest BCUT2D eigenvalue weighted by Crippen LogP contribution is 2.11. The number of esters is 1. The molecule has 0 aromatic rings. The van der Waals surface area contributed by atoms with Gasteiger partial charge in [-0.05, 0) is 18.8 Å². The zero-order valence-electron chi connectivity index (χ0n) is 14.7. The Kier molecular flexibility index (Phi) is 12.6. The summed E-state index contributed by atoms with van der Waals surface area (Å²) in [5.41, 5.74) is 0. The molecule has 0 saturated carbocycles. The number of rotatable bonds is 12. The van der Waals surface area contributed by atoms with Gasteiger partial charge >= 0.3 is 12.1 Å². The lowest BCUT2D eigenvalue weighted by Gasteiger charge is -2.22. The van der Waals surface area contributed by atoms with Crippen LogP contribution in [0.1, 0.15) is 72.6 Å². The summed E-state index contributed by atoms with van der Waals surface area (Å²) in [6.07, 6.45) is 6.51. The second-order valence-corrected chi connectivity index (χ2v) is 5.73. The van der Waals surface area contributed by atoms with Crippen LogP contribution in [0.25, 0.3) is 0 Å². The summed E-state index contributed by atoms with van der Waals surface area (Å²) in [4.78, 5) is 23.8. The van der Waals surface area contributed by atoms with Crippen LogP contribution in [0.3, 0.4) is 0 Å². The lowest BCUT2D eigenvalue weighted by atomic mass is 9.99. The lowest BCUT2D eigenvalue weighted by molar-refractivity contribution is -0.147. The molecule has 0 aromatic carbocycles. The average molecular weight is 315 g/mol. The molecular formula is C17H33NO4. The fraction of sp³-hybridized carbons (Fsp3) is 0.882. The number of ether oxygens (including phenoxy) is 2. The van der Waals surface area contributed by atoms with Crippen LogP contribution >= 0.6 is 0 Å². The standard InChI is InChI=1S/C17H33NO4/c1-5-8-9-10-11-13-21-16(19)15(14(4)7-3)18-17(20)22-12-6-2/h14-15H,5-13H2,1-4H3,(H,18,20). The number of carbonyl (C=O) groups excluding carboxylic acids is 2. The van der Waals surface area contributed by atoms with Gasteiger partial charge in [0.1, 0.15) is 6.04 Å². The molecule has 130 valence electrons. The van der Waals surface area contributed by atoms with Crippen molar-refractivity contribution in [3.63, 3.8) is 0 Å². The molecular weight excluding hydrogens is 282 g/mol. The molecule has 0 aromatic heterocycles. The Labute approximate surface area is 135 Å². The predicted molar refractivity (Wildman–Crippen MR) is 87.7 cm³/mol. The number of hydrogen-bond acceptors (Lipinski definition) is 4. The van der Waals surface area contributed by atoms with Gasteiger partial charge in [0.25, 0.3) is 0 Å². The highest BCUT2D eigenvalue weighted by Gasteiger charge is 2.27. The largest absolute Gasteiger partial charge is 0.464 e. The monoisotopic (exact) mass is 315 g/mol. The molecule has 5 nitrogen and oxygen atoms in total. The lowest BCUT2D eigenvalue weighted by Crippen LogP contribution is -2.46. The molecule has 2 unspecified atom stereocenters. The van der Waals surface area contributed by atoms with Gasteiger partial charge in [0, 0.05) is 0 Å². The zero-order chi connectivity index (χ0) is 16.8. The van der Waals surface area contributed by atoms with Crippen LogP contribution in [0.4, 0.5) is 4.79 Å². The highest BCUT2D eigenvalue weighted by molar-refractivity contribution is 5.81. The van der Waals surface area contributed by atoms with Crippen LogP contribution in [-0.4, -0.2) is 31.3 Å². The van der Waals surface area contributed by atoms with E-state index in [0.29, 0.717) is 13.2 Å². The van der Waals surface area contributed by atoms with Crippen LogP contribution in [0.2, 0.25) is 0 Å². The highest BCUT2D eigenvalue weighted by atomic mass is 16.6. The van der Waals surface area contributed by atoms with Crippen molar-refractivity contribution >= 4 is 12.1 Å². The van der Waals surface area contributed by atoms with E-state index in [4.69, 9.17) is 9.47 Å². The zero-order valence-corrected chi connectivity index (χ0v) is 14.7. The Bertz CT molecular complexity index is 307. The maximum atomic E-state index is 12.1. The van der Waals surface area contributed by atoms with E-state index in [-0.39, 0.29) is 11.9 Å². The number of carbonyl (C=O) groups is 2. The van der Waals surface area contributed by atoms with Crippen molar-refractivity contribution in [3.8, 4) is 0 Å². The molecule has 1 N–H and O–H groups in total. The number of nitrogens with one attached hydrogen (secondary N) is 1. The third-order valence-electron chi connectivity index (χ3n) is 3.67. The Morgan fingerprint density at radius 3 is 2.18 bits per heavy atom. The number of alkyl carbamates (subject to hydrolysis) is 1. The van der Waals surface area contributed by atoms with Crippen LogP contribution in [0.15, 0.2) is 0 Å².